The molecule has 2 aromatic heterocycles. The smallest absolute Gasteiger partial charge is 0.284 e. The Morgan fingerprint density at radius 1 is 1.06 bits per heavy atom. The zero-order valence-corrected chi connectivity index (χ0v) is 19.0. The Balaban J connectivity index is 1.54. The van der Waals surface area contributed by atoms with E-state index in [0.29, 0.717) is 22.8 Å². The summed E-state index contributed by atoms with van der Waals surface area (Å²) in [6.07, 6.45) is 1.36. The highest BCUT2D eigenvalue weighted by Gasteiger charge is 2.22. The summed E-state index contributed by atoms with van der Waals surface area (Å²) in [5.74, 6) is -0.673. The SMILES string of the molecule is Cc1c(C(=O)Nc2ccc(Oc3ccnc(C(N)=O)c3Cl)cc2)c(=O)n(-c2ccccc2)n1C. The van der Waals surface area contributed by atoms with Gasteiger partial charge in [-0.3, -0.25) is 19.1 Å². The predicted octanol–water partition coefficient (Wildman–Crippen LogP) is 3.68. The number of ether oxygens (including phenoxy) is 1. The van der Waals surface area contributed by atoms with E-state index in [1.54, 1.807) is 55.1 Å². The number of para-hydroxylation sites is 1. The molecule has 4 rings (SSSR count). The minimum Gasteiger partial charge on any atom is -0.456 e. The molecule has 2 aromatic carbocycles. The van der Waals surface area contributed by atoms with Crippen LogP contribution in [-0.2, 0) is 7.05 Å². The minimum atomic E-state index is -0.768. The predicted molar refractivity (Wildman–Crippen MR) is 128 cm³/mol. The topological polar surface area (TPSA) is 121 Å². The number of pyridine rings is 1. The van der Waals surface area contributed by atoms with E-state index in [1.165, 1.54) is 16.9 Å². The fourth-order valence-electron chi connectivity index (χ4n) is 3.43. The van der Waals surface area contributed by atoms with Crippen LogP contribution in [0.1, 0.15) is 26.5 Å². The van der Waals surface area contributed by atoms with Gasteiger partial charge in [0.2, 0.25) is 0 Å². The molecule has 0 spiro atoms. The van der Waals surface area contributed by atoms with Gasteiger partial charge in [0.15, 0.2) is 0 Å². The van der Waals surface area contributed by atoms with Gasteiger partial charge in [-0.05, 0) is 43.3 Å². The van der Waals surface area contributed by atoms with E-state index in [4.69, 9.17) is 22.1 Å². The lowest BCUT2D eigenvalue weighted by Crippen LogP contribution is -2.25. The Morgan fingerprint density at radius 3 is 2.38 bits per heavy atom. The number of nitrogens with two attached hydrogens (primary N) is 1. The molecule has 10 heteroatoms. The van der Waals surface area contributed by atoms with Gasteiger partial charge in [-0.2, -0.15) is 0 Å². The van der Waals surface area contributed by atoms with Crippen molar-refractivity contribution < 1.29 is 14.3 Å². The number of nitrogens with zero attached hydrogens (tertiary/aromatic N) is 3. The van der Waals surface area contributed by atoms with Gasteiger partial charge in [0.1, 0.15) is 27.8 Å². The molecule has 2 heterocycles. The molecule has 2 amide bonds. The van der Waals surface area contributed by atoms with E-state index >= 15 is 0 Å². The fourth-order valence-corrected chi connectivity index (χ4v) is 3.68. The van der Waals surface area contributed by atoms with E-state index in [1.807, 2.05) is 18.2 Å². The van der Waals surface area contributed by atoms with Crippen LogP contribution in [0.2, 0.25) is 5.02 Å². The molecule has 0 saturated heterocycles. The van der Waals surface area contributed by atoms with Gasteiger partial charge in [-0.1, -0.05) is 29.8 Å². The summed E-state index contributed by atoms with van der Waals surface area (Å²) < 4.78 is 8.79. The van der Waals surface area contributed by atoms with E-state index < -0.39 is 17.4 Å². The molecule has 9 nitrogen and oxygen atoms in total. The summed E-state index contributed by atoms with van der Waals surface area (Å²) in [6.45, 7) is 1.71. The Labute approximate surface area is 199 Å². The van der Waals surface area contributed by atoms with E-state index in [-0.39, 0.29) is 22.0 Å². The number of hydrogen-bond donors (Lipinski definition) is 2. The summed E-state index contributed by atoms with van der Waals surface area (Å²) in [6, 6.07) is 17.0. The number of primary amides is 1. The molecule has 0 bridgehead atoms. The lowest BCUT2D eigenvalue weighted by molar-refractivity contribution is 0.0993. The average molecular weight is 478 g/mol. The maximum Gasteiger partial charge on any atom is 0.284 e. The highest BCUT2D eigenvalue weighted by Crippen LogP contribution is 2.31. The van der Waals surface area contributed by atoms with Crippen molar-refractivity contribution in [1.29, 1.82) is 0 Å². The molecule has 0 aliphatic rings. The standard InChI is InChI=1S/C24H20ClN5O4/c1-14-19(24(33)30(29(14)2)16-6-4-3-5-7-16)23(32)28-15-8-10-17(11-9-15)34-18-12-13-27-21(20(18)25)22(26)31/h3-13H,1-2H3,(H2,26,31)(H,28,32). The number of aromatic nitrogens is 3. The molecule has 0 unspecified atom stereocenters. The second kappa shape index (κ2) is 9.24. The molecule has 172 valence electrons. The van der Waals surface area contributed by atoms with Crippen molar-refractivity contribution in [2.45, 2.75) is 6.92 Å². The molecule has 0 aliphatic carbocycles. The lowest BCUT2D eigenvalue weighted by Gasteiger charge is -2.10. The molecular formula is C24H20ClN5O4. The zero-order chi connectivity index (χ0) is 24.4. The van der Waals surface area contributed by atoms with Gasteiger partial charge in [0.25, 0.3) is 17.4 Å². The fraction of sp³-hybridized carbons (Fsp3) is 0.0833. The molecule has 0 atom stereocenters. The molecule has 0 radical (unpaired) electrons. The first-order valence-corrected chi connectivity index (χ1v) is 10.5. The number of anilines is 1. The Hall–Kier alpha value is -4.37. The van der Waals surface area contributed by atoms with Crippen molar-refractivity contribution >= 4 is 29.1 Å². The Bertz CT molecular complexity index is 1440. The van der Waals surface area contributed by atoms with Gasteiger partial charge < -0.3 is 15.8 Å². The molecule has 3 N–H and O–H groups in total. The number of nitrogens with one attached hydrogen (secondary N) is 1. The van der Waals surface area contributed by atoms with Crippen molar-refractivity contribution in [2.24, 2.45) is 12.8 Å². The van der Waals surface area contributed by atoms with Gasteiger partial charge in [0.05, 0.1) is 11.4 Å². The van der Waals surface area contributed by atoms with Crippen LogP contribution in [0.4, 0.5) is 5.69 Å². The Kier molecular flexibility index (Phi) is 6.20. The maximum atomic E-state index is 13.0. The number of benzene rings is 2. The number of rotatable bonds is 6. The summed E-state index contributed by atoms with van der Waals surface area (Å²) in [7, 11) is 1.72. The number of halogens is 1. The van der Waals surface area contributed by atoms with Crippen LogP contribution in [0.25, 0.3) is 5.69 Å². The van der Waals surface area contributed by atoms with Crippen molar-refractivity contribution in [2.75, 3.05) is 5.32 Å². The van der Waals surface area contributed by atoms with Crippen molar-refractivity contribution in [3.05, 3.63) is 99.2 Å². The quantitative estimate of drug-likeness (QED) is 0.438. The van der Waals surface area contributed by atoms with Crippen LogP contribution < -0.4 is 21.3 Å². The van der Waals surface area contributed by atoms with Gasteiger partial charge in [0, 0.05) is 25.0 Å². The van der Waals surface area contributed by atoms with Crippen LogP contribution in [0.15, 0.2) is 71.7 Å². The highest BCUT2D eigenvalue weighted by atomic mass is 35.5. The zero-order valence-electron chi connectivity index (χ0n) is 18.3. The molecule has 34 heavy (non-hydrogen) atoms. The molecular weight excluding hydrogens is 458 g/mol. The monoisotopic (exact) mass is 477 g/mol. The van der Waals surface area contributed by atoms with Crippen molar-refractivity contribution in [3.8, 4) is 17.2 Å². The summed E-state index contributed by atoms with van der Waals surface area (Å²) in [4.78, 5) is 41.2. The summed E-state index contributed by atoms with van der Waals surface area (Å²) >= 11 is 6.13. The third kappa shape index (κ3) is 4.28. The number of hydrogen-bond acceptors (Lipinski definition) is 5. The maximum absolute atomic E-state index is 13.0. The van der Waals surface area contributed by atoms with Crippen LogP contribution in [0, 0.1) is 6.92 Å². The molecule has 0 fully saturated rings. The second-order valence-corrected chi connectivity index (χ2v) is 7.73. The Morgan fingerprint density at radius 2 is 1.74 bits per heavy atom. The van der Waals surface area contributed by atoms with E-state index in [0.717, 1.165) is 0 Å². The first-order chi connectivity index (χ1) is 16.3. The highest BCUT2D eigenvalue weighted by molar-refractivity contribution is 6.34. The van der Waals surface area contributed by atoms with Crippen molar-refractivity contribution in [1.82, 2.24) is 14.3 Å². The van der Waals surface area contributed by atoms with E-state index in [2.05, 4.69) is 10.3 Å². The number of carbonyl (C=O) groups is 2. The largest absolute Gasteiger partial charge is 0.456 e. The second-order valence-electron chi connectivity index (χ2n) is 7.35. The third-order valence-electron chi connectivity index (χ3n) is 5.21. The minimum absolute atomic E-state index is 0.00151. The van der Waals surface area contributed by atoms with Crippen molar-refractivity contribution in [3.63, 3.8) is 0 Å². The normalized spacial score (nSPS) is 10.7. The van der Waals surface area contributed by atoms with Crippen LogP contribution in [-0.4, -0.2) is 26.2 Å². The van der Waals surface area contributed by atoms with Crippen LogP contribution in [0.5, 0.6) is 11.5 Å². The summed E-state index contributed by atoms with van der Waals surface area (Å²) in [5, 5.41) is 2.74. The first kappa shape index (κ1) is 22.8. The number of amides is 2. The number of carbonyl (C=O) groups excluding carboxylic acids is 2. The molecule has 4 aromatic rings. The van der Waals surface area contributed by atoms with E-state index in [9.17, 15) is 14.4 Å². The van der Waals surface area contributed by atoms with Gasteiger partial charge in [-0.15, -0.1) is 0 Å². The van der Waals surface area contributed by atoms with Crippen LogP contribution >= 0.6 is 11.6 Å². The van der Waals surface area contributed by atoms with Gasteiger partial charge in [-0.25, -0.2) is 9.67 Å². The molecule has 0 aliphatic heterocycles. The lowest BCUT2D eigenvalue weighted by atomic mass is 10.2. The molecule has 0 saturated carbocycles. The van der Waals surface area contributed by atoms with Crippen LogP contribution in [0.3, 0.4) is 0 Å². The third-order valence-corrected chi connectivity index (χ3v) is 5.57. The van der Waals surface area contributed by atoms with Gasteiger partial charge >= 0.3 is 0 Å². The average Bonchev–Trinajstić information content (AvgIpc) is 3.04. The summed E-state index contributed by atoms with van der Waals surface area (Å²) in [5.41, 5.74) is 6.44. The first-order valence-electron chi connectivity index (χ1n) is 10.2.